The Morgan fingerprint density at radius 3 is 2.76 bits per heavy atom. The van der Waals surface area contributed by atoms with Gasteiger partial charge < -0.3 is 10.1 Å². The molecule has 1 aliphatic heterocycles. The summed E-state index contributed by atoms with van der Waals surface area (Å²) in [5.41, 5.74) is -0.280. The van der Waals surface area contributed by atoms with Crippen LogP contribution < -0.4 is 10.1 Å². The number of nitrogens with one attached hydrogen (secondary N) is 1. The van der Waals surface area contributed by atoms with E-state index in [0.29, 0.717) is 19.6 Å². The van der Waals surface area contributed by atoms with Crippen LogP contribution in [0.5, 0.6) is 5.75 Å². The number of hydrogen-bond donors (Lipinski definition) is 1. The zero-order valence-electron chi connectivity index (χ0n) is 11.8. The van der Waals surface area contributed by atoms with Crippen LogP contribution in [0.15, 0.2) is 23.1 Å². The molecule has 1 N–H and O–H groups in total. The fourth-order valence-corrected chi connectivity index (χ4v) is 4.09. The number of rotatable bonds is 4. The van der Waals surface area contributed by atoms with Gasteiger partial charge in [0.1, 0.15) is 10.6 Å². The Labute approximate surface area is 122 Å². The molecule has 0 aromatic heterocycles. The maximum Gasteiger partial charge on any atom is 0.271 e. The zero-order chi connectivity index (χ0) is 15.6. The molecule has 0 radical (unpaired) electrons. The molecule has 1 fully saturated rings. The topological polar surface area (TPSA) is 102 Å². The summed E-state index contributed by atoms with van der Waals surface area (Å²) in [6, 6.07) is 3.34. The molecule has 21 heavy (non-hydrogen) atoms. The Hall–Kier alpha value is -1.71. The van der Waals surface area contributed by atoms with E-state index in [1.165, 1.54) is 23.5 Å². The maximum absolute atomic E-state index is 12.7. The molecule has 116 valence electrons. The van der Waals surface area contributed by atoms with E-state index in [2.05, 4.69) is 5.32 Å². The molecule has 1 aromatic carbocycles. The van der Waals surface area contributed by atoms with Crippen LogP contribution in [0.25, 0.3) is 0 Å². The number of nitrogens with zero attached hydrogens (tertiary/aromatic N) is 2. The highest BCUT2D eigenvalue weighted by Gasteiger charge is 2.34. The number of hydrogen-bond acceptors (Lipinski definition) is 6. The van der Waals surface area contributed by atoms with Crippen molar-refractivity contribution in [2.24, 2.45) is 0 Å². The third-order valence-electron chi connectivity index (χ3n) is 3.38. The number of piperazine rings is 1. The van der Waals surface area contributed by atoms with Crippen molar-refractivity contribution in [3.05, 3.63) is 28.3 Å². The first-order valence-corrected chi connectivity index (χ1v) is 7.87. The van der Waals surface area contributed by atoms with Gasteiger partial charge in [0.2, 0.25) is 10.0 Å². The van der Waals surface area contributed by atoms with Crippen molar-refractivity contribution in [1.82, 2.24) is 9.62 Å². The third kappa shape index (κ3) is 2.99. The van der Waals surface area contributed by atoms with Crippen molar-refractivity contribution in [3.63, 3.8) is 0 Å². The number of benzene rings is 1. The molecule has 0 spiro atoms. The van der Waals surface area contributed by atoms with Crippen LogP contribution in [0.4, 0.5) is 5.69 Å². The third-order valence-corrected chi connectivity index (χ3v) is 5.42. The molecular formula is C12H17N3O5S. The van der Waals surface area contributed by atoms with Crippen molar-refractivity contribution in [2.45, 2.75) is 17.9 Å². The van der Waals surface area contributed by atoms with Gasteiger partial charge >= 0.3 is 0 Å². The van der Waals surface area contributed by atoms with Crippen molar-refractivity contribution in [1.29, 1.82) is 0 Å². The lowest BCUT2D eigenvalue weighted by Gasteiger charge is -2.33. The van der Waals surface area contributed by atoms with Gasteiger partial charge in [0.05, 0.1) is 12.0 Å². The quantitative estimate of drug-likeness (QED) is 0.644. The van der Waals surface area contributed by atoms with E-state index in [0.717, 1.165) is 6.07 Å². The smallest absolute Gasteiger partial charge is 0.271 e. The lowest BCUT2D eigenvalue weighted by atomic mass is 10.3. The monoisotopic (exact) mass is 315 g/mol. The fourth-order valence-electron chi connectivity index (χ4n) is 2.29. The highest BCUT2D eigenvalue weighted by atomic mass is 32.2. The molecular weight excluding hydrogens is 298 g/mol. The zero-order valence-corrected chi connectivity index (χ0v) is 12.6. The highest BCUT2D eigenvalue weighted by molar-refractivity contribution is 7.89. The van der Waals surface area contributed by atoms with E-state index in [1.807, 2.05) is 0 Å². The van der Waals surface area contributed by atoms with E-state index in [-0.39, 0.29) is 22.4 Å². The van der Waals surface area contributed by atoms with Gasteiger partial charge in [0.15, 0.2) is 0 Å². The van der Waals surface area contributed by atoms with E-state index >= 15 is 0 Å². The number of non-ortho nitro benzene ring substituents is 1. The van der Waals surface area contributed by atoms with Gasteiger partial charge in [-0.25, -0.2) is 8.42 Å². The maximum atomic E-state index is 12.7. The molecule has 0 amide bonds. The molecule has 0 aliphatic carbocycles. The predicted molar refractivity (Wildman–Crippen MR) is 75.9 cm³/mol. The lowest BCUT2D eigenvalue weighted by Crippen LogP contribution is -2.52. The van der Waals surface area contributed by atoms with E-state index < -0.39 is 14.9 Å². The number of nitro groups is 1. The normalized spacial score (nSPS) is 20.2. The largest absolute Gasteiger partial charge is 0.495 e. The standard InChI is InChI=1S/C12H17N3O5S/c1-9-8-13-5-6-14(9)21(18,19)12-7-10(15(16)17)3-4-11(12)20-2/h3-4,7,9,13H,5-6,8H2,1-2H3/t9-/m1/s1. The van der Waals surface area contributed by atoms with Gasteiger partial charge in [-0.1, -0.05) is 0 Å². The molecule has 1 saturated heterocycles. The Kier molecular flexibility index (Phi) is 4.45. The molecule has 0 unspecified atom stereocenters. The molecule has 0 saturated carbocycles. The minimum absolute atomic E-state index is 0.103. The van der Waals surface area contributed by atoms with Crippen LogP contribution in [0.1, 0.15) is 6.92 Å². The van der Waals surface area contributed by atoms with E-state index in [9.17, 15) is 18.5 Å². The second kappa shape index (κ2) is 5.96. The average Bonchev–Trinajstić information content (AvgIpc) is 2.46. The molecule has 1 aliphatic rings. The molecule has 8 nitrogen and oxygen atoms in total. The van der Waals surface area contributed by atoms with E-state index in [4.69, 9.17) is 4.74 Å². The predicted octanol–water partition coefficient (Wildman–Crippen LogP) is 0.586. The number of ether oxygens (including phenoxy) is 1. The van der Waals surface area contributed by atoms with Gasteiger partial charge in [-0.05, 0) is 13.0 Å². The summed E-state index contributed by atoms with van der Waals surface area (Å²) in [6.07, 6.45) is 0. The average molecular weight is 315 g/mol. The Morgan fingerprint density at radius 1 is 1.48 bits per heavy atom. The second-order valence-electron chi connectivity index (χ2n) is 4.76. The van der Waals surface area contributed by atoms with Crippen LogP contribution >= 0.6 is 0 Å². The minimum atomic E-state index is -3.85. The van der Waals surface area contributed by atoms with Gasteiger partial charge in [-0.2, -0.15) is 4.31 Å². The Balaban J connectivity index is 2.52. The SMILES string of the molecule is COc1ccc([N+](=O)[O-])cc1S(=O)(=O)N1CCNC[C@H]1C. The van der Waals surface area contributed by atoms with Crippen molar-refractivity contribution < 1.29 is 18.1 Å². The summed E-state index contributed by atoms with van der Waals surface area (Å²) in [4.78, 5) is 10.1. The van der Waals surface area contributed by atoms with Gasteiger partial charge in [0.25, 0.3) is 5.69 Å². The van der Waals surface area contributed by atoms with Crippen molar-refractivity contribution in [3.8, 4) is 5.75 Å². The summed E-state index contributed by atoms with van der Waals surface area (Å²) in [5, 5.41) is 14.0. The van der Waals surface area contributed by atoms with Crippen LogP contribution in [0.3, 0.4) is 0 Å². The van der Waals surface area contributed by atoms with Crippen LogP contribution in [0, 0.1) is 10.1 Å². The molecule has 2 rings (SSSR count). The van der Waals surface area contributed by atoms with Gasteiger partial charge in [-0.15, -0.1) is 0 Å². The molecule has 1 atom stereocenters. The summed E-state index contributed by atoms with van der Waals surface area (Å²) < 4.78 is 31.9. The fraction of sp³-hybridized carbons (Fsp3) is 0.500. The number of methoxy groups -OCH3 is 1. The lowest BCUT2D eigenvalue weighted by molar-refractivity contribution is -0.385. The first-order chi connectivity index (χ1) is 9.87. The molecule has 0 bridgehead atoms. The van der Waals surface area contributed by atoms with Crippen LogP contribution in [-0.2, 0) is 10.0 Å². The number of nitro benzene ring substituents is 1. The summed E-state index contributed by atoms with van der Waals surface area (Å²) in [5.74, 6) is 0.103. The number of sulfonamides is 1. The first-order valence-electron chi connectivity index (χ1n) is 6.43. The Bertz CT molecular complexity index is 646. The van der Waals surface area contributed by atoms with Crippen LogP contribution in [0.2, 0.25) is 0 Å². The summed E-state index contributed by atoms with van der Waals surface area (Å²) in [7, 11) is -2.51. The van der Waals surface area contributed by atoms with Crippen molar-refractivity contribution >= 4 is 15.7 Å². The second-order valence-corrected chi connectivity index (χ2v) is 6.62. The molecule has 1 heterocycles. The van der Waals surface area contributed by atoms with Crippen molar-refractivity contribution in [2.75, 3.05) is 26.7 Å². The van der Waals surface area contributed by atoms with E-state index in [1.54, 1.807) is 6.92 Å². The Morgan fingerprint density at radius 2 is 2.19 bits per heavy atom. The van der Waals surface area contributed by atoms with Gasteiger partial charge in [0, 0.05) is 37.8 Å². The molecule has 1 aromatic rings. The summed E-state index contributed by atoms with van der Waals surface area (Å²) >= 11 is 0. The minimum Gasteiger partial charge on any atom is -0.495 e. The highest BCUT2D eigenvalue weighted by Crippen LogP contribution is 2.31. The first kappa shape index (κ1) is 15.7. The summed E-state index contributed by atoms with van der Waals surface area (Å²) in [6.45, 7) is 3.18. The van der Waals surface area contributed by atoms with Crippen LogP contribution in [-0.4, -0.2) is 50.4 Å². The van der Waals surface area contributed by atoms with Gasteiger partial charge in [-0.3, -0.25) is 10.1 Å². The molecule has 9 heteroatoms.